The maximum Gasteiger partial charge on any atom is 0.246 e. The minimum atomic E-state index is -4.02. The van der Waals surface area contributed by atoms with Gasteiger partial charge in [-0.05, 0) is 39.0 Å². The van der Waals surface area contributed by atoms with E-state index in [1.54, 1.807) is 6.07 Å². The number of nitrogens with one attached hydrogen (secondary N) is 2. The lowest BCUT2D eigenvalue weighted by molar-refractivity contribution is -0.134. The van der Waals surface area contributed by atoms with Crippen molar-refractivity contribution < 1.29 is 22.5 Å². The average molecular weight is 463 g/mol. The van der Waals surface area contributed by atoms with Crippen LogP contribution in [0.3, 0.4) is 0 Å². The number of hydrogen-bond donors (Lipinski definition) is 2. The molecule has 1 heterocycles. The molecule has 1 aromatic heterocycles. The number of benzene rings is 1. The molecule has 0 aliphatic heterocycles. The smallest absolute Gasteiger partial charge is 0.246 e. The Morgan fingerprint density at radius 1 is 1.24 bits per heavy atom. The van der Waals surface area contributed by atoms with E-state index in [0.717, 1.165) is 4.90 Å². The van der Waals surface area contributed by atoms with Gasteiger partial charge in [-0.3, -0.25) is 9.59 Å². The normalized spacial score (nSPS) is 12.5. The largest absolute Gasteiger partial charge is 0.360 e. The van der Waals surface area contributed by atoms with Crippen LogP contribution < -0.4 is 10.0 Å². The van der Waals surface area contributed by atoms with Gasteiger partial charge in [0.25, 0.3) is 0 Å². The molecule has 9 nitrogen and oxygen atoms in total. The van der Waals surface area contributed by atoms with Gasteiger partial charge in [0.2, 0.25) is 21.8 Å². The van der Waals surface area contributed by atoms with Crippen LogP contribution in [0.1, 0.15) is 18.4 Å². The molecular weight excluding hydrogens is 443 g/mol. The van der Waals surface area contributed by atoms with Gasteiger partial charge in [-0.15, -0.1) is 0 Å². The van der Waals surface area contributed by atoms with Crippen molar-refractivity contribution >= 4 is 50.7 Å². The summed E-state index contributed by atoms with van der Waals surface area (Å²) in [6.07, 6.45) is 0. The minimum Gasteiger partial charge on any atom is -0.360 e. The standard InChI is InChI=1S/C17H20Cl2N4O5S/c1-9-16(11(3)28-21-9)29(26,27)22-10(2)17(25)23(4)8-15(24)20-12-5-6-13(18)14(19)7-12/h5-7,10,22H,8H2,1-4H3,(H,20,24)/t10-/m0/s1. The van der Waals surface area contributed by atoms with E-state index in [1.807, 2.05) is 0 Å². The van der Waals surface area contributed by atoms with Crippen molar-refractivity contribution in [1.82, 2.24) is 14.8 Å². The Hall–Kier alpha value is -2.14. The maximum atomic E-state index is 12.5. The number of likely N-dealkylation sites (N-methyl/N-ethyl adjacent to an activating group) is 1. The van der Waals surface area contributed by atoms with Crippen molar-refractivity contribution in [3.05, 3.63) is 39.7 Å². The number of aryl methyl sites for hydroxylation is 2. The van der Waals surface area contributed by atoms with E-state index >= 15 is 0 Å². The third-order valence-corrected chi connectivity index (χ3v) is 6.42. The fraction of sp³-hybridized carbons (Fsp3) is 0.353. The SMILES string of the molecule is Cc1noc(C)c1S(=O)(=O)N[C@@H](C)C(=O)N(C)CC(=O)Nc1ccc(Cl)c(Cl)c1. The highest BCUT2D eigenvalue weighted by Gasteiger charge is 2.29. The van der Waals surface area contributed by atoms with Gasteiger partial charge in [-0.1, -0.05) is 28.4 Å². The van der Waals surface area contributed by atoms with Crippen molar-refractivity contribution in [2.75, 3.05) is 18.9 Å². The van der Waals surface area contributed by atoms with E-state index in [4.69, 9.17) is 27.7 Å². The summed E-state index contributed by atoms with van der Waals surface area (Å²) >= 11 is 11.7. The van der Waals surface area contributed by atoms with E-state index in [9.17, 15) is 18.0 Å². The molecule has 0 aliphatic carbocycles. The van der Waals surface area contributed by atoms with Gasteiger partial charge < -0.3 is 14.7 Å². The molecule has 0 fully saturated rings. The Labute approximate surface area is 178 Å². The van der Waals surface area contributed by atoms with Crippen molar-refractivity contribution in [3.63, 3.8) is 0 Å². The third kappa shape index (κ3) is 5.69. The van der Waals surface area contributed by atoms with Crippen LogP contribution in [0.2, 0.25) is 10.0 Å². The predicted octanol–water partition coefficient (Wildman–Crippen LogP) is 2.36. The number of carbonyl (C=O) groups is 2. The zero-order chi connectivity index (χ0) is 21.9. The molecule has 29 heavy (non-hydrogen) atoms. The van der Waals surface area contributed by atoms with Crippen LogP contribution in [0.4, 0.5) is 5.69 Å². The molecule has 2 amide bonds. The lowest BCUT2D eigenvalue weighted by atomic mass is 10.3. The highest BCUT2D eigenvalue weighted by atomic mass is 35.5. The molecule has 0 saturated carbocycles. The second-order valence-corrected chi connectivity index (χ2v) is 8.83. The van der Waals surface area contributed by atoms with E-state index in [2.05, 4.69) is 15.2 Å². The first-order valence-corrected chi connectivity index (χ1v) is 10.6. The summed E-state index contributed by atoms with van der Waals surface area (Å²) in [5, 5.41) is 6.80. The van der Waals surface area contributed by atoms with Gasteiger partial charge in [0, 0.05) is 12.7 Å². The Morgan fingerprint density at radius 3 is 2.45 bits per heavy atom. The van der Waals surface area contributed by atoms with Gasteiger partial charge >= 0.3 is 0 Å². The van der Waals surface area contributed by atoms with Gasteiger partial charge in [-0.25, -0.2) is 8.42 Å². The molecule has 0 spiro atoms. The monoisotopic (exact) mass is 462 g/mol. The molecule has 12 heteroatoms. The molecule has 1 aromatic carbocycles. The highest BCUT2D eigenvalue weighted by molar-refractivity contribution is 7.89. The van der Waals surface area contributed by atoms with Crippen LogP contribution in [0.15, 0.2) is 27.6 Å². The Kier molecular flexibility index (Phi) is 7.28. The van der Waals surface area contributed by atoms with E-state index in [0.29, 0.717) is 10.7 Å². The number of hydrogen-bond acceptors (Lipinski definition) is 6. The van der Waals surface area contributed by atoms with Gasteiger partial charge in [0.1, 0.15) is 10.6 Å². The topological polar surface area (TPSA) is 122 Å². The molecular formula is C17H20Cl2N4O5S. The van der Waals surface area contributed by atoms with Crippen LogP contribution in [0.25, 0.3) is 0 Å². The Balaban J connectivity index is 1.99. The molecule has 0 radical (unpaired) electrons. The maximum absolute atomic E-state index is 12.5. The van der Waals surface area contributed by atoms with Crippen molar-refractivity contribution in [1.29, 1.82) is 0 Å². The highest BCUT2D eigenvalue weighted by Crippen LogP contribution is 2.25. The second kappa shape index (κ2) is 9.12. The summed E-state index contributed by atoms with van der Waals surface area (Å²) in [5.41, 5.74) is 0.599. The summed E-state index contributed by atoms with van der Waals surface area (Å²) in [4.78, 5) is 25.6. The first kappa shape index (κ1) is 23.1. The minimum absolute atomic E-state index is 0.114. The van der Waals surface area contributed by atoms with Crippen molar-refractivity contribution in [3.8, 4) is 0 Å². The van der Waals surface area contributed by atoms with Crippen LogP contribution >= 0.6 is 23.2 Å². The lowest BCUT2D eigenvalue weighted by Gasteiger charge is -2.21. The van der Waals surface area contributed by atoms with E-state index in [1.165, 1.54) is 40.0 Å². The summed E-state index contributed by atoms with van der Waals surface area (Å²) in [6, 6.07) is 3.45. The number of sulfonamides is 1. The number of rotatable bonds is 7. The van der Waals surface area contributed by atoms with Gasteiger partial charge in [-0.2, -0.15) is 4.72 Å². The second-order valence-electron chi connectivity index (χ2n) is 6.37. The molecule has 2 aromatic rings. The first-order chi connectivity index (χ1) is 13.4. The fourth-order valence-electron chi connectivity index (χ4n) is 2.60. The fourth-order valence-corrected chi connectivity index (χ4v) is 4.42. The van der Waals surface area contributed by atoms with Crippen LogP contribution in [-0.4, -0.2) is 49.9 Å². The van der Waals surface area contributed by atoms with Crippen LogP contribution in [-0.2, 0) is 19.6 Å². The average Bonchev–Trinajstić information content (AvgIpc) is 2.96. The summed E-state index contributed by atoms with van der Waals surface area (Å²) < 4.78 is 32.2. The van der Waals surface area contributed by atoms with Crippen molar-refractivity contribution in [2.45, 2.75) is 31.7 Å². The molecule has 0 saturated heterocycles. The van der Waals surface area contributed by atoms with Crippen LogP contribution in [0, 0.1) is 13.8 Å². The summed E-state index contributed by atoms with van der Waals surface area (Å²) in [7, 11) is -2.64. The zero-order valence-corrected chi connectivity index (χ0v) is 18.4. The number of halogens is 2. The third-order valence-electron chi connectivity index (χ3n) is 3.90. The Bertz CT molecular complexity index is 1020. The molecule has 158 valence electrons. The molecule has 0 aliphatic rings. The number of nitrogens with zero attached hydrogens (tertiary/aromatic N) is 2. The first-order valence-electron chi connectivity index (χ1n) is 8.37. The number of amides is 2. The molecule has 2 N–H and O–H groups in total. The van der Waals surface area contributed by atoms with Gasteiger partial charge in [0.15, 0.2) is 5.76 Å². The van der Waals surface area contributed by atoms with E-state index in [-0.39, 0.29) is 27.9 Å². The van der Waals surface area contributed by atoms with Gasteiger partial charge in [0.05, 0.1) is 22.6 Å². The number of carbonyl (C=O) groups excluding carboxylic acids is 2. The predicted molar refractivity (Wildman–Crippen MR) is 108 cm³/mol. The summed E-state index contributed by atoms with van der Waals surface area (Å²) in [6.45, 7) is 4.03. The van der Waals surface area contributed by atoms with Crippen LogP contribution in [0.5, 0.6) is 0 Å². The molecule has 1 atom stereocenters. The zero-order valence-electron chi connectivity index (χ0n) is 16.1. The number of anilines is 1. The van der Waals surface area contributed by atoms with Crippen molar-refractivity contribution in [2.24, 2.45) is 0 Å². The quantitative estimate of drug-likeness (QED) is 0.650. The van der Waals surface area contributed by atoms with E-state index < -0.39 is 27.9 Å². The summed E-state index contributed by atoms with van der Waals surface area (Å²) in [5.74, 6) is -0.964. The molecule has 0 bridgehead atoms. The number of aromatic nitrogens is 1. The molecule has 2 rings (SSSR count). The molecule has 0 unspecified atom stereocenters. The lowest BCUT2D eigenvalue weighted by Crippen LogP contribution is -2.47. The Morgan fingerprint density at radius 2 is 1.90 bits per heavy atom.